The number of nitrogens with zero attached hydrogens (tertiary/aromatic N) is 4. The van der Waals surface area contributed by atoms with Crippen molar-refractivity contribution in [2.24, 2.45) is 5.92 Å². The molecule has 1 fully saturated rings. The Morgan fingerprint density at radius 2 is 1.54 bits per heavy atom. The monoisotopic (exact) mass is 678 g/mol. The Bertz CT molecular complexity index is 2570. The number of para-hydroxylation sites is 2. The fourth-order valence-corrected chi connectivity index (χ4v) is 9.64. The lowest BCUT2D eigenvalue weighted by Crippen LogP contribution is -2.79. The molecule has 0 saturated heterocycles. The van der Waals surface area contributed by atoms with E-state index < -0.39 is 5.54 Å². The fraction of sp³-hybridized carbons (Fsp3) is 0.213. The Morgan fingerprint density at radius 1 is 0.885 bits per heavy atom. The number of allylic oxidation sites excluding steroid dienone is 4. The van der Waals surface area contributed by atoms with Crippen molar-refractivity contribution in [2.45, 2.75) is 57.0 Å². The Hall–Kier alpha value is -5.99. The summed E-state index contributed by atoms with van der Waals surface area (Å²) in [5.74, 6) is 1.01. The number of nitriles is 1. The molecule has 0 N–H and O–H groups in total. The van der Waals surface area contributed by atoms with E-state index in [2.05, 4.69) is 176 Å². The molecule has 52 heavy (non-hydrogen) atoms. The van der Waals surface area contributed by atoms with Crippen molar-refractivity contribution >= 4 is 27.4 Å². The lowest BCUT2D eigenvalue weighted by molar-refractivity contribution is -0.843. The second-order valence-electron chi connectivity index (χ2n) is 15.7. The molecule has 254 valence electrons. The van der Waals surface area contributed by atoms with Gasteiger partial charge < -0.3 is 9.30 Å². The topological polar surface area (TPSA) is 45.7 Å². The summed E-state index contributed by atoms with van der Waals surface area (Å²) in [5, 5.41) is 13.3. The van der Waals surface area contributed by atoms with E-state index >= 15 is 0 Å². The van der Waals surface area contributed by atoms with Crippen LogP contribution in [0, 0.1) is 17.2 Å². The Balaban J connectivity index is 1.35. The summed E-state index contributed by atoms with van der Waals surface area (Å²) in [6.45, 7) is 21.5. The van der Waals surface area contributed by atoms with Crippen LogP contribution in [0.15, 0.2) is 152 Å². The highest BCUT2D eigenvalue weighted by Crippen LogP contribution is 2.65. The van der Waals surface area contributed by atoms with Crippen molar-refractivity contribution in [3.05, 3.63) is 169 Å². The van der Waals surface area contributed by atoms with Gasteiger partial charge in [0.05, 0.1) is 40.4 Å². The minimum atomic E-state index is -0.535. The van der Waals surface area contributed by atoms with Crippen molar-refractivity contribution in [3.63, 3.8) is 0 Å². The molecular formula is C47H42N4O+2. The predicted molar refractivity (Wildman–Crippen MR) is 207 cm³/mol. The highest BCUT2D eigenvalue weighted by Gasteiger charge is 2.76. The molecule has 5 nitrogen and oxygen atoms in total. The molecule has 0 bridgehead atoms. The van der Waals surface area contributed by atoms with Crippen molar-refractivity contribution in [2.75, 3.05) is 0 Å². The number of hydrogen-bond acceptors (Lipinski definition) is 2. The molecule has 9 rings (SSSR count). The number of benzene rings is 3. The van der Waals surface area contributed by atoms with Gasteiger partial charge in [0.1, 0.15) is 28.9 Å². The van der Waals surface area contributed by atoms with Crippen LogP contribution in [0.5, 0.6) is 0 Å². The van der Waals surface area contributed by atoms with Gasteiger partial charge in [0.15, 0.2) is 24.0 Å². The first-order valence-electron chi connectivity index (χ1n) is 18.1. The minimum absolute atomic E-state index is 0.00204. The van der Waals surface area contributed by atoms with Gasteiger partial charge in [-0.2, -0.15) is 14.4 Å². The van der Waals surface area contributed by atoms with Gasteiger partial charge in [-0.25, -0.2) is 0 Å². The van der Waals surface area contributed by atoms with E-state index in [1.165, 1.54) is 33.2 Å². The van der Waals surface area contributed by atoms with Gasteiger partial charge in [-0.05, 0) is 48.2 Å². The summed E-state index contributed by atoms with van der Waals surface area (Å²) < 4.78 is 13.4. The largest absolute Gasteiger partial charge is 0.462 e. The molecule has 4 atom stereocenters. The predicted octanol–water partition coefficient (Wildman–Crippen LogP) is 9.92. The van der Waals surface area contributed by atoms with Crippen molar-refractivity contribution in [1.82, 2.24) is 4.57 Å². The van der Waals surface area contributed by atoms with Crippen LogP contribution in [-0.2, 0) is 15.7 Å². The molecule has 5 heterocycles. The average Bonchev–Trinajstić information content (AvgIpc) is 3.47. The van der Waals surface area contributed by atoms with Gasteiger partial charge in [0, 0.05) is 28.5 Å². The van der Waals surface area contributed by atoms with Crippen LogP contribution in [0.4, 0.5) is 0 Å². The lowest BCUT2D eigenvalue weighted by Gasteiger charge is -2.55. The van der Waals surface area contributed by atoms with Crippen LogP contribution in [0.1, 0.15) is 62.9 Å². The molecular weight excluding hydrogens is 637 g/mol. The maximum Gasteiger partial charge on any atom is 0.217 e. The quantitative estimate of drug-likeness (QED) is 0.104. The maximum absolute atomic E-state index is 10.9. The van der Waals surface area contributed by atoms with Gasteiger partial charge in [0.2, 0.25) is 11.4 Å². The van der Waals surface area contributed by atoms with Gasteiger partial charge in [-0.3, -0.25) is 0 Å². The molecule has 5 heteroatoms. The van der Waals surface area contributed by atoms with Crippen LogP contribution in [0.3, 0.4) is 0 Å². The summed E-state index contributed by atoms with van der Waals surface area (Å²) >= 11 is 0. The fourth-order valence-electron chi connectivity index (χ4n) is 9.64. The molecule has 0 amide bonds. The zero-order valence-electron chi connectivity index (χ0n) is 30.2. The normalized spacial score (nSPS) is 21.4. The maximum atomic E-state index is 10.9. The van der Waals surface area contributed by atoms with Crippen LogP contribution < -0.4 is 9.13 Å². The molecule has 4 unspecified atom stereocenters. The first kappa shape index (κ1) is 32.0. The molecule has 6 aromatic rings. The van der Waals surface area contributed by atoms with E-state index in [1.54, 1.807) is 0 Å². The van der Waals surface area contributed by atoms with E-state index in [4.69, 9.17) is 4.74 Å². The van der Waals surface area contributed by atoms with Crippen molar-refractivity contribution in [3.8, 4) is 23.0 Å². The van der Waals surface area contributed by atoms with E-state index in [1.807, 2.05) is 6.92 Å². The van der Waals surface area contributed by atoms with Crippen molar-refractivity contribution < 1.29 is 13.9 Å². The third kappa shape index (κ3) is 4.27. The average molecular weight is 679 g/mol. The molecule has 3 aromatic heterocycles. The zero-order valence-corrected chi connectivity index (χ0v) is 30.2. The Kier molecular flexibility index (Phi) is 6.92. The molecule has 3 aromatic carbocycles. The lowest BCUT2D eigenvalue weighted by atomic mass is 9.48. The van der Waals surface area contributed by atoms with Crippen LogP contribution >= 0.6 is 0 Å². The third-order valence-electron chi connectivity index (χ3n) is 11.8. The van der Waals surface area contributed by atoms with Gasteiger partial charge in [0.25, 0.3) is 0 Å². The van der Waals surface area contributed by atoms with E-state index in [0.29, 0.717) is 23.5 Å². The van der Waals surface area contributed by atoms with Crippen LogP contribution in [-0.4, -0.2) is 4.57 Å². The highest BCUT2D eigenvalue weighted by atomic mass is 16.5. The molecule has 2 aliphatic heterocycles. The molecule has 1 spiro atoms. The molecule has 1 saturated carbocycles. The highest BCUT2D eigenvalue weighted by molar-refractivity contribution is 6.09. The number of pyridine rings is 2. The number of hydrogen-bond donors (Lipinski definition) is 0. The number of rotatable bonds is 5. The van der Waals surface area contributed by atoms with Gasteiger partial charge >= 0.3 is 0 Å². The van der Waals surface area contributed by atoms with Crippen molar-refractivity contribution in [1.29, 1.82) is 5.26 Å². The number of aromatic nitrogens is 3. The summed E-state index contributed by atoms with van der Waals surface area (Å²) in [6.07, 6.45) is 7.31. The Labute approximate surface area is 305 Å². The summed E-state index contributed by atoms with van der Waals surface area (Å²) in [4.78, 5) is 0. The van der Waals surface area contributed by atoms with Gasteiger partial charge in [-0.1, -0.05) is 94.6 Å². The summed E-state index contributed by atoms with van der Waals surface area (Å²) in [7, 11) is 0. The Morgan fingerprint density at radius 3 is 2.19 bits per heavy atom. The third-order valence-corrected chi connectivity index (χ3v) is 11.8. The number of ether oxygens (including phenoxy) is 1. The van der Waals surface area contributed by atoms with E-state index in [9.17, 15) is 5.26 Å². The standard InChI is InChI=1S/C47H42N4O/c1-8-38-45-44(37-18-10-9-17-36(37)39-23-21-32(27-49(39)45)46(5,6)7)47(38)25-31(26-48)43(30(4)52-29(2)3)42-24-22-33(28-50(42)47)51-40-19-13-11-15-34(40)35-16-12-14-20-41(35)51/h8-24,27-28,38,44-45H,1-2,4,25H2,3,5-7H3/q+2. The molecule has 1 aliphatic carbocycles. The SMILES string of the molecule is C=CC1C2C(c3ccccc3-c3ccc(C(C)(C)C)c[n+]32)C12CC(C#N)=C(C(=C)OC(=C)C)c1ccc(-n3c4ccccc4c4ccccc43)c[n+]12. The van der Waals surface area contributed by atoms with Gasteiger partial charge in [-0.15, -0.1) is 6.58 Å². The van der Waals surface area contributed by atoms with E-state index in [-0.39, 0.29) is 23.3 Å². The minimum Gasteiger partial charge on any atom is -0.462 e. The first-order chi connectivity index (χ1) is 25.1. The number of fused-ring (bicyclic) bond motifs is 12. The first-order valence-corrected chi connectivity index (χ1v) is 18.1. The van der Waals surface area contributed by atoms with Crippen LogP contribution in [0.25, 0.3) is 44.3 Å². The summed E-state index contributed by atoms with van der Waals surface area (Å²) in [6, 6.07) is 37.7. The smallest absolute Gasteiger partial charge is 0.217 e. The second-order valence-corrected chi connectivity index (χ2v) is 15.7. The van der Waals surface area contributed by atoms with E-state index in [0.717, 1.165) is 28.0 Å². The molecule has 0 radical (unpaired) electrons. The molecule has 3 aliphatic rings. The van der Waals surface area contributed by atoms with Crippen LogP contribution in [0.2, 0.25) is 0 Å². The zero-order chi connectivity index (χ0) is 36.1. The summed E-state index contributed by atoms with van der Waals surface area (Å²) in [5.41, 5.74) is 10.1. The second kappa shape index (κ2) is 11.3.